The lowest BCUT2D eigenvalue weighted by Crippen LogP contribution is -2.15. The molecule has 0 aliphatic heterocycles. The number of unbranched alkanes of at least 4 members (excludes halogenated alkanes) is 1. The van der Waals surface area contributed by atoms with Crippen molar-refractivity contribution in [3.63, 3.8) is 0 Å². The third-order valence-electron chi connectivity index (χ3n) is 3.68. The molecule has 1 aromatic rings. The van der Waals surface area contributed by atoms with E-state index < -0.39 is 0 Å². The number of carbonyl (C=O) groups is 1. The van der Waals surface area contributed by atoms with E-state index in [1.54, 1.807) is 11.9 Å². The fraction of sp³-hybridized carbons (Fsp3) is 0.632. The van der Waals surface area contributed by atoms with Crippen molar-refractivity contribution >= 4 is 17.9 Å². The maximum absolute atomic E-state index is 11.9. The summed E-state index contributed by atoms with van der Waals surface area (Å²) in [5.41, 5.74) is 1.84. The van der Waals surface area contributed by atoms with Gasteiger partial charge in [0, 0.05) is 6.04 Å². The molecule has 0 bridgehead atoms. The highest BCUT2D eigenvalue weighted by molar-refractivity contribution is 7.96. The molecule has 1 rings (SSSR count). The van der Waals surface area contributed by atoms with Crippen molar-refractivity contribution in [1.82, 2.24) is 4.72 Å². The Morgan fingerprint density at radius 2 is 1.70 bits per heavy atom. The molecular formula is C19H31NO2S. The van der Waals surface area contributed by atoms with Crippen LogP contribution in [0.1, 0.15) is 75.3 Å². The Balaban J connectivity index is 2.63. The quantitative estimate of drug-likeness (QED) is 0.353. The van der Waals surface area contributed by atoms with E-state index in [1.807, 2.05) is 38.1 Å². The van der Waals surface area contributed by atoms with Gasteiger partial charge in [0.15, 0.2) is 0 Å². The van der Waals surface area contributed by atoms with E-state index in [2.05, 4.69) is 24.8 Å². The SMILES string of the molecule is CSNC(CCCCC(C)C)c1ccc(C(=O)OC(C)C)cc1. The van der Waals surface area contributed by atoms with E-state index in [0.29, 0.717) is 11.6 Å². The van der Waals surface area contributed by atoms with Crippen molar-refractivity contribution < 1.29 is 9.53 Å². The van der Waals surface area contributed by atoms with Gasteiger partial charge >= 0.3 is 5.97 Å². The first-order valence-corrected chi connectivity index (χ1v) is 9.76. The van der Waals surface area contributed by atoms with Gasteiger partial charge in [-0.15, -0.1) is 0 Å². The topological polar surface area (TPSA) is 38.3 Å². The lowest BCUT2D eigenvalue weighted by atomic mass is 9.98. The monoisotopic (exact) mass is 337 g/mol. The molecule has 3 nitrogen and oxygen atoms in total. The summed E-state index contributed by atoms with van der Waals surface area (Å²) in [4.78, 5) is 11.9. The average Bonchev–Trinajstić information content (AvgIpc) is 2.49. The van der Waals surface area contributed by atoms with Crippen LogP contribution in [-0.4, -0.2) is 18.3 Å². The number of hydrogen-bond donors (Lipinski definition) is 1. The van der Waals surface area contributed by atoms with Gasteiger partial charge in [0.1, 0.15) is 0 Å². The first kappa shape index (κ1) is 20.0. The summed E-state index contributed by atoms with van der Waals surface area (Å²) in [5, 5.41) is 0. The molecule has 0 saturated carbocycles. The highest BCUT2D eigenvalue weighted by Gasteiger charge is 2.13. The van der Waals surface area contributed by atoms with Crippen molar-refractivity contribution in [3.05, 3.63) is 35.4 Å². The Morgan fingerprint density at radius 3 is 2.22 bits per heavy atom. The molecule has 1 atom stereocenters. The van der Waals surface area contributed by atoms with Gasteiger partial charge in [-0.05, 0) is 50.1 Å². The molecule has 0 heterocycles. The van der Waals surface area contributed by atoms with Crippen LogP contribution < -0.4 is 4.72 Å². The number of carbonyl (C=O) groups excluding carboxylic acids is 1. The van der Waals surface area contributed by atoms with E-state index in [1.165, 1.54) is 24.8 Å². The van der Waals surface area contributed by atoms with Crippen LogP contribution in [0.5, 0.6) is 0 Å². The van der Waals surface area contributed by atoms with E-state index >= 15 is 0 Å². The van der Waals surface area contributed by atoms with Crippen LogP contribution in [0.25, 0.3) is 0 Å². The van der Waals surface area contributed by atoms with Gasteiger partial charge in [-0.2, -0.15) is 0 Å². The molecule has 0 aliphatic carbocycles. The molecular weight excluding hydrogens is 306 g/mol. The van der Waals surface area contributed by atoms with Crippen molar-refractivity contribution in [2.24, 2.45) is 5.92 Å². The summed E-state index contributed by atoms with van der Waals surface area (Å²) in [5.74, 6) is 0.520. The van der Waals surface area contributed by atoms with Gasteiger partial charge in [0.05, 0.1) is 11.7 Å². The molecule has 1 aromatic carbocycles. The second-order valence-electron chi connectivity index (χ2n) is 6.63. The third kappa shape index (κ3) is 7.89. The number of ether oxygens (including phenoxy) is 1. The first-order valence-electron chi connectivity index (χ1n) is 8.53. The van der Waals surface area contributed by atoms with Crippen molar-refractivity contribution in [2.45, 2.75) is 65.5 Å². The number of esters is 1. The maximum Gasteiger partial charge on any atom is 0.338 e. The summed E-state index contributed by atoms with van der Waals surface area (Å²) in [6.07, 6.45) is 6.84. The molecule has 0 fully saturated rings. The molecule has 0 aliphatic rings. The second-order valence-corrected chi connectivity index (χ2v) is 7.27. The highest BCUT2D eigenvalue weighted by atomic mass is 32.2. The zero-order chi connectivity index (χ0) is 17.2. The van der Waals surface area contributed by atoms with Gasteiger partial charge in [0.25, 0.3) is 0 Å². The fourth-order valence-electron chi connectivity index (χ4n) is 2.47. The number of nitrogens with one attached hydrogen (secondary N) is 1. The predicted octanol–water partition coefficient (Wildman–Crippen LogP) is 5.38. The normalized spacial score (nSPS) is 12.7. The van der Waals surface area contributed by atoms with Gasteiger partial charge in [-0.25, -0.2) is 4.79 Å². The molecule has 130 valence electrons. The lowest BCUT2D eigenvalue weighted by Gasteiger charge is -2.18. The summed E-state index contributed by atoms with van der Waals surface area (Å²) in [7, 11) is 0. The van der Waals surface area contributed by atoms with Gasteiger partial charge in [-0.1, -0.05) is 57.2 Å². The van der Waals surface area contributed by atoms with E-state index in [9.17, 15) is 4.79 Å². The van der Waals surface area contributed by atoms with Gasteiger partial charge < -0.3 is 4.74 Å². The van der Waals surface area contributed by atoms with Crippen LogP contribution in [0.2, 0.25) is 0 Å². The van der Waals surface area contributed by atoms with Crippen LogP contribution in [0.3, 0.4) is 0 Å². The number of hydrogen-bond acceptors (Lipinski definition) is 4. The van der Waals surface area contributed by atoms with Crippen LogP contribution >= 0.6 is 11.9 Å². The fourth-order valence-corrected chi connectivity index (χ4v) is 3.01. The Morgan fingerprint density at radius 1 is 1.09 bits per heavy atom. The minimum absolute atomic E-state index is 0.0889. The van der Waals surface area contributed by atoms with Gasteiger partial charge in [-0.3, -0.25) is 4.72 Å². The molecule has 0 radical (unpaired) electrons. The Bertz CT molecular complexity index is 457. The Kier molecular flexibility index (Phi) is 9.34. The summed E-state index contributed by atoms with van der Waals surface area (Å²) >= 11 is 1.65. The Labute approximate surface area is 145 Å². The maximum atomic E-state index is 11.9. The van der Waals surface area contributed by atoms with Gasteiger partial charge in [0.2, 0.25) is 0 Å². The Hall–Kier alpha value is -1.00. The van der Waals surface area contributed by atoms with E-state index in [0.717, 1.165) is 12.3 Å². The zero-order valence-electron chi connectivity index (χ0n) is 15.1. The third-order valence-corrected chi connectivity index (χ3v) is 4.20. The highest BCUT2D eigenvalue weighted by Crippen LogP contribution is 2.23. The van der Waals surface area contributed by atoms with Crippen LogP contribution in [0.15, 0.2) is 24.3 Å². The summed E-state index contributed by atoms with van der Waals surface area (Å²) in [6, 6.07) is 8.12. The molecule has 1 N–H and O–H groups in total. The first-order chi connectivity index (χ1) is 10.9. The largest absolute Gasteiger partial charge is 0.459 e. The van der Waals surface area contributed by atoms with E-state index in [4.69, 9.17) is 4.74 Å². The molecule has 0 saturated heterocycles. The molecule has 1 unspecified atom stereocenters. The van der Waals surface area contributed by atoms with Crippen molar-refractivity contribution in [3.8, 4) is 0 Å². The van der Waals surface area contributed by atoms with Crippen molar-refractivity contribution in [2.75, 3.05) is 6.26 Å². The smallest absolute Gasteiger partial charge is 0.338 e. The summed E-state index contributed by atoms with van der Waals surface area (Å²) in [6.45, 7) is 8.27. The minimum Gasteiger partial charge on any atom is -0.459 e. The lowest BCUT2D eigenvalue weighted by molar-refractivity contribution is 0.0378. The molecule has 0 aromatic heterocycles. The zero-order valence-corrected chi connectivity index (χ0v) is 15.9. The standard InChI is InChI=1S/C19H31NO2S/c1-14(2)8-6-7-9-18(20-23-5)16-10-12-17(13-11-16)19(21)22-15(3)4/h10-15,18,20H,6-9H2,1-5H3. The van der Waals surface area contributed by atoms with Crippen LogP contribution in [0.4, 0.5) is 0 Å². The second kappa shape index (κ2) is 10.7. The molecule has 4 heteroatoms. The number of benzene rings is 1. The average molecular weight is 338 g/mol. The predicted molar refractivity (Wildman–Crippen MR) is 99.7 cm³/mol. The number of rotatable bonds is 10. The molecule has 0 spiro atoms. The van der Waals surface area contributed by atoms with E-state index in [-0.39, 0.29) is 12.1 Å². The summed E-state index contributed by atoms with van der Waals surface area (Å²) < 4.78 is 8.70. The minimum atomic E-state index is -0.252. The molecule has 23 heavy (non-hydrogen) atoms. The molecule has 0 amide bonds. The van der Waals surface area contributed by atoms with Crippen molar-refractivity contribution in [1.29, 1.82) is 0 Å². The van der Waals surface area contributed by atoms with Crippen LogP contribution in [0, 0.1) is 5.92 Å². The van der Waals surface area contributed by atoms with Crippen LogP contribution in [-0.2, 0) is 4.74 Å².